The molecule has 0 aromatic heterocycles. The Morgan fingerprint density at radius 1 is 1.20 bits per heavy atom. The van der Waals surface area contributed by atoms with Crippen LogP contribution in [0.5, 0.6) is 0 Å². The highest BCUT2D eigenvalue weighted by Crippen LogP contribution is 2.42. The lowest BCUT2D eigenvalue weighted by Gasteiger charge is -2.27. The second-order valence-corrected chi connectivity index (χ2v) is 8.42. The zero-order chi connectivity index (χ0) is 14.5. The van der Waals surface area contributed by atoms with E-state index in [9.17, 15) is 17.6 Å². The van der Waals surface area contributed by atoms with E-state index in [1.54, 1.807) is 19.1 Å². The Morgan fingerprint density at radius 2 is 1.80 bits per heavy atom. The van der Waals surface area contributed by atoms with Crippen LogP contribution in [-0.4, -0.2) is 24.7 Å². The average Bonchev–Trinajstić information content (AvgIpc) is 2.60. The minimum atomic E-state index is -3.02. The van der Waals surface area contributed by atoms with E-state index < -0.39 is 9.84 Å². The SMILES string of the molecule is Cc1ccc(C(=O)C2CC3CCC(C2)S3(=O)=O)cc1F. The normalized spacial score (nSPS) is 31.2. The summed E-state index contributed by atoms with van der Waals surface area (Å²) >= 11 is 0. The number of Topliss-reactive ketones (excluding diaryl/α,β-unsaturated/α-hetero) is 1. The molecule has 2 bridgehead atoms. The maximum Gasteiger partial charge on any atom is 0.166 e. The third-order valence-electron chi connectivity index (χ3n) is 4.66. The van der Waals surface area contributed by atoms with Crippen molar-refractivity contribution in [2.24, 2.45) is 5.92 Å². The Hall–Kier alpha value is -1.23. The second kappa shape index (κ2) is 4.65. The average molecular weight is 296 g/mol. The highest BCUT2D eigenvalue weighted by atomic mass is 32.2. The molecule has 2 heterocycles. The van der Waals surface area contributed by atoms with Crippen molar-refractivity contribution in [3.8, 4) is 0 Å². The number of carbonyl (C=O) groups is 1. The number of fused-ring (bicyclic) bond motifs is 2. The van der Waals surface area contributed by atoms with Crippen LogP contribution in [0, 0.1) is 18.7 Å². The molecule has 2 aliphatic heterocycles. The predicted octanol–water partition coefficient (Wildman–Crippen LogP) is 2.67. The molecule has 0 spiro atoms. The molecule has 2 unspecified atom stereocenters. The molecule has 5 heteroatoms. The number of halogens is 1. The summed E-state index contributed by atoms with van der Waals surface area (Å²) in [6, 6.07) is 4.49. The van der Waals surface area contributed by atoms with Crippen LogP contribution in [0.15, 0.2) is 18.2 Å². The molecule has 2 saturated heterocycles. The van der Waals surface area contributed by atoms with Gasteiger partial charge in [0.05, 0.1) is 10.5 Å². The van der Waals surface area contributed by atoms with Crippen LogP contribution in [0.25, 0.3) is 0 Å². The molecule has 1 aromatic rings. The molecular weight excluding hydrogens is 279 g/mol. The summed E-state index contributed by atoms with van der Waals surface area (Å²) in [6.45, 7) is 1.65. The Balaban J connectivity index is 1.84. The van der Waals surface area contributed by atoms with E-state index in [1.165, 1.54) is 6.07 Å². The number of hydrogen-bond acceptors (Lipinski definition) is 3. The maximum absolute atomic E-state index is 13.5. The van der Waals surface area contributed by atoms with Gasteiger partial charge in [-0.2, -0.15) is 0 Å². The van der Waals surface area contributed by atoms with E-state index in [1.807, 2.05) is 0 Å². The zero-order valence-electron chi connectivity index (χ0n) is 11.3. The molecular formula is C15H17FO3S. The molecule has 3 nitrogen and oxygen atoms in total. The summed E-state index contributed by atoms with van der Waals surface area (Å²) in [5.41, 5.74) is 0.865. The van der Waals surface area contributed by atoms with Crippen molar-refractivity contribution < 1.29 is 17.6 Å². The zero-order valence-corrected chi connectivity index (χ0v) is 12.1. The lowest BCUT2D eigenvalue weighted by Crippen LogP contribution is -2.36. The largest absolute Gasteiger partial charge is 0.294 e. The first kappa shape index (κ1) is 13.7. The molecule has 108 valence electrons. The van der Waals surface area contributed by atoms with Crippen molar-refractivity contribution >= 4 is 15.6 Å². The van der Waals surface area contributed by atoms with E-state index in [2.05, 4.69) is 0 Å². The molecule has 0 N–H and O–H groups in total. The first-order valence-electron chi connectivity index (χ1n) is 6.92. The van der Waals surface area contributed by atoms with E-state index in [-0.39, 0.29) is 28.0 Å². The molecule has 2 atom stereocenters. The number of carbonyl (C=O) groups excluding carboxylic acids is 1. The van der Waals surface area contributed by atoms with Gasteiger partial charge >= 0.3 is 0 Å². The predicted molar refractivity (Wildman–Crippen MR) is 73.9 cm³/mol. The van der Waals surface area contributed by atoms with Crippen molar-refractivity contribution in [1.29, 1.82) is 0 Å². The summed E-state index contributed by atoms with van der Waals surface area (Å²) in [5, 5.41) is -0.740. The Kier molecular flexibility index (Phi) is 3.20. The van der Waals surface area contributed by atoms with Crippen LogP contribution in [-0.2, 0) is 9.84 Å². The van der Waals surface area contributed by atoms with Gasteiger partial charge in [0.25, 0.3) is 0 Å². The summed E-state index contributed by atoms with van der Waals surface area (Å²) in [4.78, 5) is 12.4. The van der Waals surface area contributed by atoms with E-state index >= 15 is 0 Å². The smallest absolute Gasteiger partial charge is 0.166 e. The lowest BCUT2D eigenvalue weighted by molar-refractivity contribution is 0.0905. The van der Waals surface area contributed by atoms with Gasteiger partial charge in [-0.15, -0.1) is 0 Å². The fourth-order valence-electron chi connectivity index (χ4n) is 3.40. The monoisotopic (exact) mass is 296 g/mol. The number of benzene rings is 1. The molecule has 1 aromatic carbocycles. The van der Waals surface area contributed by atoms with Crippen LogP contribution in [0.1, 0.15) is 41.6 Å². The van der Waals surface area contributed by atoms with Crippen molar-refractivity contribution in [1.82, 2.24) is 0 Å². The molecule has 0 saturated carbocycles. The number of hydrogen-bond donors (Lipinski definition) is 0. The molecule has 0 radical (unpaired) electrons. The number of rotatable bonds is 2. The van der Waals surface area contributed by atoms with Crippen LogP contribution in [0.3, 0.4) is 0 Å². The van der Waals surface area contributed by atoms with Crippen molar-refractivity contribution in [2.75, 3.05) is 0 Å². The maximum atomic E-state index is 13.5. The van der Waals surface area contributed by atoms with Gasteiger partial charge in [0.1, 0.15) is 5.82 Å². The first-order chi connectivity index (χ1) is 9.39. The summed E-state index contributed by atoms with van der Waals surface area (Å²) < 4.78 is 37.6. The second-order valence-electron chi connectivity index (χ2n) is 5.91. The first-order valence-corrected chi connectivity index (χ1v) is 8.53. The van der Waals surface area contributed by atoms with Crippen LogP contribution >= 0.6 is 0 Å². The van der Waals surface area contributed by atoms with Crippen molar-refractivity contribution in [3.05, 3.63) is 35.1 Å². The van der Waals surface area contributed by atoms with E-state index in [0.29, 0.717) is 36.8 Å². The van der Waals surface area contributed by atoms with Gasteiger partial charge in [-0.3, -0.25) is 4.79 Å². The molecule has 0 aliphatic carbocycles. The number of aryl methyl sites for hydroxylation is 1. The fourth-order valence-corrected chi connectivity index (χ4v) is 5.88. The minimum absolute atomic E-state index is 0.115. The highest BCUT2D eigenvalue weighted by molar-refractivity contribution is 7.93. The quantitative estimate of drug-likeness (QED) is 0.788. The fraction of sp³-hybridized carbons (Fsp3) is 0.533. The summed E-state index contributed by atoms with van der Waals surface area (Å²) in [5.74, 6) is -0.781. The molecule has 0 amide bonds. The summed E-state index contributed by atoms with van der Waals surface area (Å²) in [6.07, 6.45) is 2.12. The third kappa shape index (κ3) is 2.08. The number of ketones is 1. The topological polar surface area (TPSA) is 51.2 Å². The minimum Gasteiger partial charge on any atom is -0.294 e. The van der Waals surface area contributed by atoms with Gasteiger partial charge in [0.2, 0.25) is 0 Å². The molecule has 2 fully saturated rings. The van der Waals surface area contributed by atoms with Gasteiger partial charge in [0.15, 0.2) is 15.6 Å². The molecule has 2 aliphatic rings. The Morgan fingerprint density at radius 3 is 2.35 bits per heavy atom. The highest BCUT2D eigenvalue weighted by Gasteiger charge is 2.48. The van der Waals surface area contributed by atoms with Crippen LogP contribution in [0.2, 0.25) is 0 Å². The number of sulfone groups is 1. The van der Waals surface area contributed by atoms with Crippen molar-refractivity contribution in [2.45, 2.75) is 43.1 Å². The standard InChI is InChI=1S/C15H17FO3S/c1-9-2-3-10(8-14(9)16)15(17)11-6-12-4-5-13(7-11)20(12,18)19/h2-3,8,11-13H,4-7H2,1H3. The molecule has 20 heavy (non-hydrogen) atoms. The molecule has 3 rings (SSSR count). The van der Waals surface area contributed by atoms with Gasteiger partial charge < -0.3 is 0 Å². The van der Waals surface area contributed by atoms with Gasteiger partial charge in [-0.25, -0.2) is 12.8 Å². The van der Waals surface area contributed by atoms with Gasteiger partial charge in [0, 0.05) is 11.5 Å². The van der Waals surface area contributed by atoms with Gasteiger partial charge in [-0.1, -0.05) is 12.1 Å². The van der Waals surface area contributed by atoms with E-state index in [4.69, 9.17) is 0 Å². The van der Waals surface area contributed by atoms with Crippen molar-refractivity contribution in [3.63, 3.8) is 0 Å². The Labute approximate surface area is 118 Å². The summed E-state index contributed by atoms with van der Waals surface area (Å²) in [7, 11) is -3.02. The van der Waals surface area contributed by atoms with Gasteiger partial charge in [-0.05, 0) is 44.2 Å². The van der Waals surface area contributed by atoms with Crippen LogP contribution in [0.4, 0.5) is 4.39 Å². The lowest BCUT2D eigenvalue weighted by atomic mass is 9.90. The third-order valence-corrected chi connectivity index (χ3v) is 7.38. The van der Waals surface area contributed by atoms with Crippen LogP contribution < -0.4 is 0 Å². The Bertz CT molecular complexity index is 646. The van der Waals surface area contributed by atoms with E-state index in [0.717, 1.165) is 0 Å².